The van der Waals surface area contributed by atoms with Crippen LogP contribution in [0.4, 0.5) is 0 Å². The van der Waals surface area contributed by atoms with Crippen LogP contribution in [0.25, 0.3) is 0 Å². The van der Waals surface area contributed by atoms with Crippen LogP contribution < -0.4 is 5.32 Å². The molecule has 6 heteroatoms. The summed E-state index contributed by atoms with van der Waals surface area (Å²) in [7, 11) is 0. The number of hydrogen-bond acceptors (Lipinski definition) is 5. The lowest BCUT2D eigenvalue weighted by atomic mass is 10.0. The monoisotopic (exact) mass is 1100 g/mol. The largest absolute Gasteiger partial charge is 0.466 e. The molecule has 6 nitrogen and oxygen atoms in total. The minimum atomic E-state index is -0.845. The van der Waals surface area contributed by atoms with Crippen molar-refractivity contribution in [2.45, 2.75) is 411 Å². The van der Waals surface area contributed by atoms with Crippen molar-refractivity contribution in [1.29, 1.82) is 0 Å². The number of unbranched alkanes of at least 4 members (excludes halogenated alkanes) is 54. The molecule has 0 aromatic carbocycles. The van der Waals surface area contributed by atoms with Crippen LogP contribution in [0, 0.1) is 0 Å². The third-order valence-electron chi connectivity index (χ3n) is 16.7. The van der Waals surface area contributed by atoms with Crippen molar-refractivity contribution in [3.8, 4) is 0 Å². The summed E-state index contributed by atoms with van der Waals surface area (Å²) in [6.45, 7) is 4.95. The molecule has 0 aromatic rings. The Morgan fingerprint density at radius 2 is 0.603 bits per heavy atom. The maximum Gasteiger partial charge on any atom is 0.305 e. The van der Waals surface area contributed by atoms with Gasteiger partial charge in [-0.3, -0.25) is 9.59 Å². The fourth-order valence-corrected chi connectivity index (χ4v) is 11.3. The number of allylic oxidation sites excluding steroid dienone is 3. The maximum atomic E-state index is 12.5. The number of ether oxygens (including phenoxy) is 1. The topological polar surface area (TPSA) is 95.9 Å². The van der Waals surface area contributed by atoms with Gasteiger partial charge in [-0.25, -0.2) is 0 Å². The van der Waals surface area contributed by atoms with Gasteiger partial charge in [-0.2, -0.15) is 0 Å². The lowest BCUT2D eigenvalue weighted by Gasteiger charge is -2.20. The predicted octanol–water partition coefficient (Wildman–Crippen LogP) is 22.9. The van der Waals surface area contributed by atoms with Gasteiger partial charge in [-0.15, -0.1) is 0 Å². The Hall–Kier alpha value is -1.66. The van der Waals surface area contributed by atoms with Crippen LogP contribution in [0.1, 0.15) is 399 Å². The van der Waals surface area contributed by atoms with Crippen LogP contribution in [0.5, 0.6) is 0 Å². The van der Waals surface area contributed by atoms with E-state index in [4.69, 9.17) is 4.74 Å². The fraction of sp³-hybridized carbons (Fsp3) is 0.917. The highest BCUT2D eigenvalue weighted by Crippen LogP contribution is 2.19. The van der Waals surface area contributed by atoms with Crippen LogP contribution in [0.3, 0.4) is 0 Å². The molecule has 0 radical (unpaired) electrons. The van der Waals surface area contributed by atoms with Gasteiger partial charge < -0.3 is 20.3 Å². The molecule has 0 aromatic heterocycles. The number of hydrogen-bond donors (Lipinski definition) is 3. The van der Waals surface area contributed by atoms with Gasteiger partial charge in [0.25, 0.3) is 0 Å². The van der Waals surface area contributed by atoms with Gasteiger partial charge in [0, 0.05) is 12.8 Å². The van der Waals surface area contributed by atoms with E-state index in [2.05, 4.69) is 31.3 Å². The number of aliphatic hydroxyl groups excluding tert-OH is 2. The quantitative estimate of drug-likeness (QED) is 0.0320. The molecule has 0 bridgehead atoms. The van der Waals surface area contributed by atoms with Gasteiger partial charge in [0.2, 0.25) is 5.91 Å². The SMILES string of the molecule is CCCCCCCCCCCCCCCCCC/C=C/C(O)C(CO)NC(=O)CCCCCCCCCCCCCC/C=C\CCCCCCCCCCCCCCOC(=O)CCCCCCCCCCCCCCCCC. The Labute approximate surface area is 488 Å². The average Bonchev–Trinajstić information content (AvgIpc) is 3.44. The summed E-state index contributed by atoms with van der Waals surface area (Å²) in [4.78, 5) is 24.6. The number of nitrogens with one attached hydrogen (secondary N) is 1. The molecule has 0 saturated carbocycles. The molecule has 0 rings (SSSR count). The second-order valence-corrected chi connectivity index (χ2v) is 24.6. The zero-order valence-corrected chi connectivity index (χ0v) is 52.9. The molecule has 2 atom stereocenters. The predicted molar refractivity (Wildman–Crippen MR) is 343 cm³/mol. The molecule has 0 heterocycles. The van der Waals surface area contributed by atoms with Crippen LogP contribution in [0.15, 0.2) is 24.3 Å². The molecule has 0 fully saturated rings. The van der Waals surface area contributed by atoms with Crippen LogP contribution >= 0.6 is 0 Å². The summed E-state index contributed by atoms with van der Waals surface area (Å²) >= 11 is 0. The number of carbonyl (C=O) groups is 2. The summed E-state index contributed by atoms with van der Waals surface area (Å²) in [5.41, 5.74) is 0. The van der Waals surface area contributed by atoms with E-state index in [1.54, 1.807) is 6.08 Å². The Morgan fingerprint density at radius 1 is 0.346 bits per heavy atom. The number of rotatable bonds is 67. The Morgan fingerprint density at radius 3 is 0.910 bits per heavy atom. The van der Waals surface area contributed by atoms with Gasteiger partial charge in [0.1, 0.15) is 0 Å². The molecule has 0 spiro atoms. The van der Waals surface area contributed by atoms with E-state index in [0.717, 1.165) is 38.5 Å². The first kappa shape index (κ1) is 76.3. The molecule has 1 amide bonds. The van der Waals surface area contributed by atoms with Gasteiger partial charge >= 0.3 is 5.97 Å². The highest BCUT2D eigenvalue weighted by Gasteiger charge is 2.18. The minimum absolute atomic E-state index is 0.0191. The molecular weight excluding hydrogens is 959 g/mol. The highest BCUT2D eigenvalue weighted by atomic mass is 16.5. The third-order valence-corrected chi connectivity index (χ3v) is 16.7. The average molecular weight is 1100 g/mol. The molecular formula is C72H139NO5. The smallest absolute Gasteiger partial charge is 0.305 e. The van der Waals surface area contributed by atoms with Gasteiger partial charge in [-0.1, -0.05) is 353 Å². The third kappa shape index (κ3) is 63.5. The van der Waals surface area contributed by atoms with Gasteiger partial charge in [0.05, 0.1) is 25.4 Å². The van der Waals surface area contributed by atoms with E-state index in [1.807, 2.05) is 6.08 Å². The molecule has 462 valence electrons. The van der Waals surface area contributed by atoms with E-state index >= 15 is 0 Å². The first-order valence-corrected chi connectivity index (χ1v) is 35.6. The molecule has 2 unspecified atom stereocenters. The Kier molecular flexibility index (Phi) is 66.4. The van der Waals surface area contributed by atoms with Crippen molar-refractivity contribution >= 4 is 11.9 Å². The van der Waals surface area contributed by atoms with E-state index in [9.17, 15) is 19.8 Å². The summed E-state index contributed by atoms with van der Waals surface area (Å²) in [5.74, 6) is -0.0454. The van der Waals surface area contributed by atoms with Crippen molar-refractivity contribution in [3.05, 3.63) is 24.3 Å². The van der Waals surface area contributed by atoms with Gasteiger partial charge in [0.15, 0.2) is 0 Å². The van der Waals surface area contributed by atoms with Crippen molar-refractivity contribution < 1.29 is 24.5 Å². The summed E-state index contributed by atoms with van der Waals surface area (Å²) in [5, 5.41) is 23.2. The van der Waals surface area contributed by atoms with Crippen LogP contribution in [0.2, 0.25) is 0 Å². The van der Waals surface area contributed by atoms with Crippen molar-refractivity contribution in [2.75, 3.05) is 13.2 Å². The summed E-state index contributed by atoms with van der Waals surface area (Å²) < 4.78 is 5.50. The van der Waals surface area contributed by atoms with Crippen molar-refractivity contribution in [3.63, 3.8) is 0 Å². The molecule has 78 heavy (non-hydrogen) atoms. The number of carbonyl (C=O) groups excluding carboxylic acids is 2. The summed E-state index contributed by atoms with van der Waals surface area (Å²) in [6.07, 6.45) is 85.4. The number of aliphatic hydroxyl groups is 2. The van der Waals surface area contributed by atoms with Crippen LogP contribution in [-0.4, -0.2) is 47.4 Å². The highest BCUT2D eigenvalue weighted by molar-refractivity contribution is 5.76. The maximum absolute atomic E-state index is 12.5. The van der Waals surface area contributed by atoms with E-state index < -0.39 is 12.1 Å². The zero-order valence-electron chi connectivity index (χ0n) is 52.9. The standard InChI is InChI=1S/C72H139NO5/c1-3-5-7-9-11-13-15-17-19-20-33-37-40-44-48-52-56-60-64-70(75)69(68-74)73-71(76)65-61-57-53-49-45-41-38-34-31-29-27-25-23-21-22-24-26-28-30-32-35-39-43-47-51-55-59-63-67-78-72(77)66-62-58-54-50-46-42-36-18-16-14-12-10-8-6-4-2/h21-22,60,64,69-70,74-75H,3-20,23-59,61-63,65-68H2,1-2H3,(H,73,76)/b22-21-,64-60+. The molecule has 3 N–H and O–H groups in total. The zero-order chi connectivity index (χ0) is 56.4. The van der Waals surface area contributed by atoms with Crippen molar-refractivity contribution in [2.24, 2.45) is 0 Å². The second kappa shape index (κ2) is 67.8. The van der Waals surface area contributed by atoms with Crippen molar-refractivity contribution in [1.82, 2.24) is 5.32 Å². The lowest BCUT2D eigenvalue weighted by Crippen LogP contribution is -2.45. The first-order chi connectivity index (χ1) is 38.5. The first-order valence-electron chi connectivity index (χ1n) is 35.6. The lowest BCUT2D eigenvalue weighted by molar-refractivity contribution is -0.143. The molecule has 0 saturated heterocycles. The van der Waals surface area contributed by atoms with Gasteiger partial charge in [-0.05, 0) is 57.8 Å². The second-order valence-electron chi connectivity index (χ2n) is 24.6. The van der Waals surface area contributed by atoms with Crippen LogP contribution in [-0.2, 0) is 14.3 Å². The Balaban J connectivity index is 3.39. The minimum Gasteiger partial charge on any atom is -0.466 e. The molecule has 0 aliphatic heterocycles. The molecule has 0 aliphatic carbocycles. The number of esters is 1. The Bertz CT molecular complexity index is 1220. The van der Waals surface area contributed by atoms with E-state index in [-0.39, 0.29) is 18.5 Å². The molecule has 0 aliphatic rings. The summed E-state index contributed by atoms with van der Waals surface area (Å²) in [6, 6.07) is -0.628. The van der Waals surface area contributed by atoms with E-state index in [1.165, 1.54) is 334 Å². The normalized spacial score (nSPS) is 12.6. The van der Waals surface area contributed by atoms with E-state index in [0.29, 0.717) is 19.4 Å². The fourth-order valence-electron chi connectivity index (χ4n) is 11.3. The number of amides is 1.